The number of carbonyl (C=O) groups is 1. The van der Waals surface area contributed by atoms with Gasteiger partial charge in [0.2, 0.25) is 0 Å². The maximum absolute atomic E-state index is 12.8. The molecule has 1 fully saturated rings. The Morgan fingerprint density at radius 1 is 1.60 bits per heavy atom. The molecule has 2 heterocycles. The Balaban J connectivity index is 1.93. The fraction of sp³-hybridized carbons (Fsp3) is 0.636. The van der Waals surface area contributed by atoms with Crippen LogP contribution in [0.25, 0.3) is 0 Å². The van der Waals surface area contributed by atoms with Crippen molar-refractivity contribution in [3.05, 3.63) is 11.8 Å². The lowest BCUT2D eigenvalue weighted by Crippen LogP contribution is -2.71. The van der Waals surface area contributed by atoms with Crippen molar-refractivity contribution >= 4 is 11.8 Å². The largest absolute Gasteiger partial charge is 0.420 e. The summed E-state index contributed by atoms with van der Waals surface area (Å²) in [7, 11) is 0.980. The third-order valence-corrected chi connectivity index (χ3v) is 3.23. The Kier molecular flexibility index (Phi) is 3.63. The van der Waals surface area contributed by atoms with Gasteiger partial charge in [-0.05, 0) is 0 Å². The molecular weight excluding hydrogens is 279 g/mol. The third-order valence-electron chi connectivity index (χ3n) is 3.23. The van der Waals surface area contributed by atoms with Crippen LogP contribution in [0.3, 0.4) is 0 Å². The molecule has 1 aliphatic rings. The zero-order valence-corrected chi connectivity index (χ0v) is 11.0. The molecule has 0 unspecified atom stereocenters. The molecule has 20 heavy (non-hydrogen) atoms. The summed E-state index contributed by atoms with van der Waals surface area (Å²) in [6.07, 6.45) is -3.91. The van der Waals surface area contributed by atoms with Gasteiger partial charge in [0.1, 0.15) is 5.76 Å². The molecule has 1 aromatic rings. The van der Waals surface area contributed by atoms with Gasteiger partial charge in [0.25, 0.3) is 0 Å². The van der Waals surface area contributed by atoms with Gasteiger partial charge in [0.15, 0.2) is 11.4 Å². The smallest absolute Gasteiger partial charge is 0.365 e. The summed E-state index contributed by atoms with van der Waals surface area (Å²) in [6.45, 7) is 0.756. The van der Waals surface area contributed by atoms with E-state index in [0.29, 0.717) is 12.2 Å². The van der Waals surface area contributed by atoms with E-state index in [1.165, 1.54) is 6.07 Å². The molecule has 2 amide bonds. The number of urea groups is 1. The van der Waals surface area contributed by atoms with E-state index < -0.39 is 30.9 Å². The first-order valence-electron chi connectivity index (χ1n) is 5.94. The van der Waals surface area contributed by atoms with Gasteiger partial charge >= 0.3 is 12.2 Å². The number of rotatable bonds is 3. The maximum Gasteiger partial charge on any atom is 0.420 e. The predicted octanol–water partition coefficient (Wildman–Crippen LogP) is 2.03. The van der Waals surface area contributed by atoms with Gasteiger partial charge in [-0.15, -0.1) is 0 Å². The first-order chi connectivity index (χ1) is 9.31. The van der Waals surface area contributed by atoms with E-state index in [2.05, 4.69) is 15.2 Å². The normalized spacial score (nSPS) is 17.8. The van der Waals surface area contributed by atoms with Crippen molar-refractivity contribution in [3.8, 4) is 0 Å². The van der Waals surface area contributed by atoms with Crippen LogP contribution in [0.5, 0.6) is 0 Å². The van der Waals surface area contributed by atoms with Gasteiger partial charge in [-0.2, -0.15) is 13.2 Å². The molecule has 0 bridgehead atoms. The number of aromatic nitrogens is 1. The highest BCUT2D eigenvalue weighted by atomic mass is 19.4. The van der Waals surface area contributed by atoms with Crippen molar-refractivity contribution in [1.82, 2.24) is 10.1 Å². The molecule has 1 aliphatic heterocycles. The molecule has 1 saturated heterocycles. The van der Waals surface area contributed by atoms with E-state index in [1.54, 1.807) is 0 Å². The number of halogens is 3. The summed E-state index contributed by atoms with van der Waals surface area (Å²) in [6, 6.07) is 0.850. The van der Waals surface area contributed by atoms with Crippen molar-refractivity contribution in [2.24, 2.45) is 0 Å². The number of carbonyl (C=O) groups excluding carboxylic acids is 1. The molecule has 6 nitrogen and oxygen atoms in total. The van der Waals surface area contributed by atoms with Crippen LogP contribution in [0.4, 0.5) is 23.8 Å². The molecule has 0 spiro atoms. The number of methoxy groups -OCH3 is 1. The fourth-order valence-electron chi connectivity index (χ4n) is 1.87. The lowest BCUT2D eigenvalue weighted by Gasteiger charge is -2.48. The van der Waals surface area contributed by atoms with Crippen molar-refractivity contribution in [3.63, 3.8) is 0 Å². The second-order valence-corrected chi connectivity index (χ2v) is 4.51. The average Bonchev–Trinajstić information content (AvgIpc) is 2.74. The van der Waals surface area contributed by atoms with Crippen LogP contribution in [-0.2, 0) is 11.2 Å². The van der Waals surface area contributed by atoms with Gasteiger partial charge < -0.3 is 14.2 Å². The second kappa shape index (κ2) is 4.97. The minimum atomic E-state index is -4.51. The van der Waals surface area contributed by atoms with Crippen LogP contribution in [0.15, 0.2) is 10.6 Å². The minimum absolute atomic E-state index is 0.175. The van der Waals surface area contributed by atoms with Gasteiger partial charge in [-0.3, -0.25) is 5.32 Å². The third kappa shape index (κ3) is 2.45. The molecule has 0 atom stereocenters. The molecule has 1 aromatic heterocycles. The standard InChI is InChI=1S/C11H14F3N3O3/c1-3-7-4-8(16-20-7)15-9(18)17-5-10(6-17,19-2)11(12,13)14/h4H,3,5-6H2,1-2H3,(H,15,16,18). The van der Waals surface area contributed by atoms with E-state index in [0.717, 1.165) is 12.0 Å². The molecular formula is C11H14F3N3O3. The quantitative estimate of drug-likeness (QED) is 0.926. The summed E-state index contributed by atoms with van der Waals surface area (Å²) in [5.41, 5.74) is -2.28. The fourth-order valence-corrected chi connectivity index (χ4v) is 1.87. The minimum Gasteiger partial charge on any atom is -0.365 e. The summed E-state index contributed by atoms with van der Waals surface area (Å²) in [5.74, 6) is 0.749. The average molecular weight is 293 g/mol. The zero-order chi connectivity index (χ0) is 15.0. The van der Waals surface area contributed by atoms with Crippen LogP contribution in [0.2, 0.25) is 0 Å². The molecule has 0 saturated carbocycles. The van der Waals surface area contributed by atoms with Crippen molar-refractivity contribution in [2.45, 2.75) is 25.1 Å². The Morgan fingerprint density at radius 3 is 2.70 bits per heavy atom. The number of ether oxygens (including phenoxy) is 1. The Hall–Kier alpha value is -1.77. The maximum atomic E-state index is 12.8. The van der Waals surface area contributed by atoms with Crippen molar-refractivity contribution in [1.29, 1.82) is 0 Å². The van der Waals surface area contributed by atoms with E-state index in [-0.39, 0.29) is 5.82 Å². The molecule has 1 N–H and O–H groups in total. The number of nitrogens with one attached hydrogen (secondary N) is 1. The van der Waals surface area contributed by atoms with Crippen molar-refractivity contribution in [2.75, 3.05) is 25.5 Å². The lowest BCUT2D eigenvalue weighted by atomic mass is 9.93. The van der Waals surface area contributed by atoms with Gasteiger partial charge in [0, 0.05) is 19.6 Å². The first kappa shape index (κ1) is 14.6. The topological polar surface area (TPSA) is 67.6 Å². The molecule has 0 aromatic carbocycles. The SMILES string of the molecule is CCc1cc(NC(=O)N2CC(OC)(C(F)(F)F)C2)no1. The number of aryl methyl sites for hydroxylation is 1. The highest BCUT2D eigenvalue weighted by molar-refractivity contribution is 5.89. The second-order valence-electron chi connectivity index (χ2n) is 4.51. The van der Waals surface area contributed by atoms with E-state index in [9.17, 15) is 18.0 Å². The van der Waals surface area contributed by atoms with Gasteiger partial charge in [-0.1, -0.05) is 12.1 Å². The lowest BCUT2D eigenvalue weighted by molar-refractivity contribution is -0.303. The van der Waals surface area contributed by atoms with Crippen LogP contribution in [0, 0.1) is 0 Å². The highest BCUT2D eigenvalue weighted by Crippen LogP contribution is 2.40. The molecule has 0 radical (unpaired) electrons. The summed E-state index contributed by atoms with van der Waals surface area (Å²) in [4.78, 5) is 12.7. The number of nitrogens with zero attached hydrogens (tertiary/aromatic N) is 2. The zero-order valence-electron chi connectivity index (χ0n) is 11.0. The van der Waals surface area contributed by atoms with Crippen LogP contribution < -0.4 is 5.32 Å². The number of amides is 2. The Labute approximate surface area is 112 Å². The monoisotopic (exact) mass is 293 g/mol. The summed E-state index contributed by atoms with van der Waals surface area (Å²) >= 11 is 0. The van der Waals surface area contributed by atoms with E-state index in [1.807, 2.05) is 6.92 Å². The predicted molar refractivity (Wildman–Crippen MR) is 62.3 cm³/mol. The van der Waals surface area contributed by atoms with E-state index >= 15 is 0 Å². The van der Waals surface area contributed by atoms with Crippen molar-refractivity contribution < 1.29 is 27.2 Å². The summed E-state index contributed by atoms with van der Waals surface area (Å²) < 4.78 is 47.7. The van der Waals surface area contributed by atoms with Crippen LogP contribution in [-0.4, -0.2) is 48.1 Å². The summed E-state index contributed by atoms with van der Waals surface area (Å²) in [5, 5.41) is 5.96. The number of hydrogen-bond acceptors (Lipinski definition) is 4. The molecule has 9 heteroatoms. The number of alkyl halides is 3. The molecule has 112 valence electrons. The molecule has 0 aliphatic carbocycles. The van der Waals surface area contributed by atoms with Crippen LogP contribution >= 0.6 is 0 Å². The molecule has 2 rings (SSSR count). The van der Waals surface area contributed by atoms with Gasteiger partial charge in [0.05, 0.1) is 13.1 Å². The number of likely N-dealkylation sites (tertiary alicyclic amines) is 1. The first-order valence-corrected chi connectivity index (χ1v) is 5.94. The van der Waals surface area contributed by atoms with Crippen LogP contribution in [0.1, 0.15) is 12.7 Å². The van der Waals surface area contributed by atoms with Gasteiger partial charge in [-0.25, -0.2) is 4.79 Å². The Bertz CT molecular complexity index is 495. The van der Waals surface area contributed by atoms with E-state index in [4.69, 9.17) is 4.52 Å². The highest BCUT2D eigenvalue weighted by Gasteiger charge is 2.63. The Morgan fingerprint density at radius 2 is 2.25 bits per heavy atom. The number of anilines is 1. The number of hydrogen-bond donors (Lipinski definition) is 1.